The summed E-state index contributed by atoms with van der Waals surface area (Å²) in [6, 6.07) is 15.1. The fourth-order valence-electron chi connectivity index (χ4n) is 3.51. The quantitative estimate of drug-likeness (QED) is 0.362. The van der Waals surface area contributed by atoms with Crippen molar-refractivity contribution in [1.29, 1.82) is 0 Å². The van der Waals surface area contributed by atoms with E-state index in [1.165, 1.54) is 0 Å². The lowest BCUT2D eigenvalue weighted by molar-refractivity contribution is 0.0604. The molecule has 0 unspecified atom stereocenters. The van der Waals surface area contributed by atoms with Crippen LogP contribution in [0.1, 0.15) is 40.2 Å². The molecule has 0 saturated heterocycles. The summed E-state index contributed by atoms with van der Waals surface area (Å²) in [5, 5.41) is 4.18. The number of carbonyl (C=O) groups is 1. The SMILES string of the molecule is CC=Nc1c(C(C)=NC(=O)OC(C)(C)C)c(-c2ccc(Cl)cc2)c(Cl)n1-c1cccc(NC)c1. The van der Waals surface area contributed by atoms with Gasteiger partial charge in [-0.15, -0.1) is 0 Å². The highest BCUT2D eigenvalue weighted by atomic mass is 35.5. The third-order valence-corrected chi connectivity index (χ3v) is 5.49. The molecule has 0 atom stereocenters. The third-order valence-electron chi connectivity index (χ3n) is 4.88. The molecule has 1 heterocycles. The molecule has 0 radical (unpaired) electrons. The van der Waals surface area contributed by atoms with Crippen molar-refractivity contribution < 1.29 is 9.53 Å². The Bertz CT molecular complexity index is 1250. The minimum Gasteiger partial charge on any atom is -0.442 e. The van der Waals surface area contributed by atoms with Crippen LogP contribution in [0.5, 0.6) is 0 Å². The second kappa shape index (κ2) is 10.5. The van der Waals surface area contributed by atoms with Crippen molar-refractivity contribution in [2.24, 2.45) is 9.98 Å². The number of anilines is 1. The van der Waals surface area contributed by atoms with Crippen molar-refractivity contribution in [2.45, 2.75) is 40.2 Å². The molecule has 0 aliphatic heterocycles. The van der Waals surface area contributed by atoms with E-state index in [1.54, 1.807) is 46.0 Å². The van der Waals surface area contributed by atoms with E-state index in [-0.39, 0.29) is 0 Å². The summed E-state index contributed by atoms with van der Waals surface area (Å²) in [5.74, 6) is 0.551. The van der Waals surface area contributed by atoms with Gasteiger partial charge in [0.15, 0.2) is 0 Å². The van der Waals surface area contributed by atoms with Gasteiger partial charge < -0.3 is 10.1 Å². The first-order valence-corrected chi connectivity index (χ1v) is 11.6. The van der Waals surface area contributed by atoms with E-state index in [0.717, 1.165) is 16.9 Å². The summed E-state index contributed by atoms with van der Waals surface area (Å²) in [4.78, 5) is 21.4. The van der Waals surface area contributed by atoms with Crippen molar-refractivity contribution in [3.05, 3.63) is 64.3 Å². The summed E-state index contributed by atoms with van der Waals surface area (Å²) in [7, 11) is 1.85. The normalized spacial score (nSPS) is 12.3. The highest BCUT2D eigenvalue weighted by Crippen LogP contribution is 2.43. The number of aliphatic imine (C=N–C) groups is 2. The number of amides is 1. The summed E-state index contributed by atoms with van der Waals surface area (Å²) >= 11 is 13.2. The Morgan fingerprint density at radius 3 is 2.38 bits per heavy atom. The Kier molecular flexibility index (Phi) is 7.85. The van der Waals surface area contributed by atoms with Crippen molar-refractivity contribution in [3.8, 4) is 16.8 Å². The molecule has 0 aliphatic carbocycles. The summed E-state index contributed by atoms with van der Waals surface area (Å²) in [6.07, 6.45) is 1.000. The van der Waals surface area contributed by atoms with Crippen LogP contribution in [0.25, 0.3) is 16.8 Å². The Hall–Kier alpha value is -3.09. The first-order valence-electron chi connectivity index (χ1n) is 10.8. The van der Waals surface area contributed by atoms with Crippen LogP contribution in [0.4, 0.5) is 16.3 Å². The molecular formula is C26H28Cl2N4O2. The van der Waals surface area contributed by atoms with Gasteiger partial charge in [0.2, 0.25) is 0 Å². The van der Waals surface area contributed by atoms with E-state index < -0.39 is 11.7 Å². The molecule has 8 heteroatoms. The maximum Gasteiger partial charge on any atom is 0.434 e. The summed E-state index contributed by atoms with van der Waals surface area (Å²) < 4.78 is 7.26. The molecule has 3 aromatic rings. The minimum absolute atomic E-state index is 0.435. The summed E-state index contributed by atoms with van der Waals surface area (Å²) in [6.45, 7) is 8.96. The van der Waals surface area contributed by atoms with Gasteiger partial charge in [-0.3, -0.25) is 4.57 Å². The van der Waals surface area contributed by atoms with E-state index in [9.17, 15) is 4.79 Å². The highest BCUT2D eigenvalue weighted by Gasteiger charge is 2.27. The first kappa shape index (κ1) is 25.5. The van der Waals surface area contributed by atoms with Gasteiger partial charge in [-0.2, -0.15) is 4.99 Å². The van der Waals surface area contributed by atoms with E-state index in [2.05, 4.69) is 15.3 Å². The van der Waals surface area contributed by atoms with E-state index in [0.29, 0.717) is 32.8 Å². The molecule has 2 aromatic carbocycles. The average molecular weight is 499 g/mol. The fraction of sp³-hybridized carbons (Fsp3) is 0.269. The molecule has 1 aromatic heterocycles. The maximum absolute atomic E-state index is 12.5. The molecule has 34 heavy (non-hydrogen) atoms. The molecular weight excluding hydrogens is 471 g/mol. The van der Waals surface area contributed by atoms with Crippen molar-refractivity contribution in [3.63, 3.8) is 0 Å². The molecule has 0 fully saturated rings. The Morgan fingerprint density at radius 1 is 1.12 bits per heavy atom. The third kappa shape index (κ3) is 5.69. The number of hydrogen-bond acceptors (Lipinski definition) is 4. The van der Waals surface area contributed by atoms with Crippen molar-refractivity contribution in [1.82, 2.24) is 4.57 Å². The van der Waals surface area contributed by atoms with Gasteiger partial charge in [-0.1, -0.05) is 41.4 Å². The lowest BCUT2D eigenvalue weighted by Crippen LogP contribution is -2.22. The topological polar surface area (TPSA) is 68.0 Å². The molecule has 3 rings (SSSR count). The number of carbonyl (C=O) groups excluding carboxylic acids is 1. The van der Waals surface area contributed by atoms with E-state index >= 15 is 0 Å². The van der Waals surface area contributed by atoms with Gasteiger partial charge in [-0.25, -0.2) is 9.79 Å². The van der Waals surface area contributed by atoms with E-state index in [4.69, 9.17) is 27.9 Å². The lowest BCUT2D eigenvalue weighted by atomic mass is 10.0. The van der Waals surface area contributed by atoms with Gasteiger partial charge in [0.25, 0.3) is 0 Å². The van der Waals surface area contributed by atoms with Gasteiger partial charge in [0, 0.05) is 29.5 Å². The maximum atomic E-state index is 12.5. The minimum atomic E-state index is -0.681. The smallest absolute Gasteiger partial charge is 0.434 e. The zero-order valence-electron chi connectivity index (χ0n) is 20.1. The van der Waals surface area contributed by atoms with Crippen LogP contribution < -0.4 is 5.32 Å². The predicted octanol–water partition coefficient (Wildman–Crippen LogP) is 7.96. The van der Waals surface area contributed by atoms with Crippen LogP contribution in [-0.4, -0.2) is 35.2 Å². The van der Waals surface area contributed by atoms with Crippen molar-refractivity contribution in [2.75, 3.05) is 12.4 Å². The zero-order valence-corrected chi connectivity index (χ0v) is 21.6. The Labute approximate surface area is 210 Å². The van der Waals surface area contributed by atoms with Crippen LogP contribution in [-0.2, 0) is 4.74 Å². The van der Waals surface area contributed by atoms with Gasteiger partial charge in [0.1, 0.15) is 16.6 Å². The van der Waals surface area contributed by atoms with E-state index in [1.807, 2.05) is 54.9 Å². The van der Waals surface area contributed by atoms with Crippen molar-refractivity contribution >= 4 is 52.7 Å². The highest BCUT2D eigenvalue weighted by molar-refractivity contribution is 6.35. The first-order chi connectivity index (χ1) is 16.1. The molecule has 0 aliphatic rings. The zero-order chi connectivity index (χ0) is 25.0. The molecule has 0 spiro atoms. The Morgan fingerprint density at radius 2 is 1.79 bits per heavy atom. The fourth-order valence-corrected chi connectivity index (χ4v) is 4.02. The largest absolute Gasteiger partial charge is 0.442 e. The number of hydrogen-bond donors (Lipinski definition) is 1. The average Bonchev–Trinajstić information content (AvgIpc) is 3.05. The molecule has 1 amide bonds. The number of nitrogens with zero attached hydrogens (tertiary/aromatic N) is 3. The lowest BCUT2D eigenvalue weighted by Gasteiger charge is -2.17. The van der Waals surface area contributed by atoms with Crippen LogP contribution in [0.2, 0.25) is 10.2 Å². The molecule has 0 saturated carbocycles. The predicted molar refractivity (Wildman–Crippen MR) is 143 cm³/mol. The second-order valence-electron chi connectivity index (χ2n) is 8.57. The summed E-state index contributed by atoms with van der Waals surface area (Å²) in [5.41, 5.74) is 3.64. The van der Waals surface area contributed by atoms with Crippen LogP contribution >= 0.6 is 23.2 Å². The molecule has 178 valence electrons. The molecule has 0 bridgehead atoms. The molecule has 1 N–H and O–H groups in total. The van der Waals surface area contributed by atoms with Crippen LogP contribution in [0.3, 0.4) is 0 Å². The number of halogens is 2. The number of aromatic nitrogens is 1. The van der Waals surface area contributed by atoms with Gasteiger partial charge in [0.05, 0.1) is 17.0 Å². The number of ether oxygens (including phenoxy) is 1. The number of nitrogens with one attached hydrogen (secondary N) is 1. The van der Waals surface area contributed by atoms with Crippen LogP contribution in [0.15, 0.2) is 58.5 Å². The Balaban J connectivity index is 2.35. The molecule has 6 nitrogen and oxygen atoms in total. The number of benzene rings is 2. The van der Waals surface area contributed by atoms with Crippen LogP contribution in [0, 0.1) is 0 Å². The monoisotopic (exact) mass is 498 g/mol. The van der Waals surface area contributed by atoms with Gasteiger partial charge in [-0.05, 0) is 70.5 Å². The van der Waals surface area contributed by atoms with Gasteiger partial charge >= 0.3 is 6.09 Å². The second-order valence-corrected chi connectivity index (χ2v) is 9.37. The number of rotatable bonds is 5. The standard InChI is InChI=1S/C26H28Cl2N4O2/c1-7-30-24-21(16(2)31-25(33)34-26(3,4)5)22(17-11-13-18(27)14-12-17)23(28)32(24)20-10-8-9-19(15-20)29-6/h7-15,29H,1-6H3.